The van der Waals surface area contributed by atoms with Gasteiger partial charge in [-0.3, -0.25) is 14.8 Å². The average Bonchev–Trinajstić information content (AvgIpc) is 2.57. The summed E-state index contributed by atoms with van der Waals surface area (Å²) in [6, 6.07) is 5.58. The molecule has 0 atom stereocenters. The van der Waals surface area contributed by atoms with E-state index in [0.717, 1.165) is 30.8 Å². The van der Waals surface area contributed by atoms with Crippen molar-refractivity contribution in [3.8, 4) is 0 Å². The van der Waals surface area contributed by atoms with Crippen LogP contribution in [-0.2, 0) is 6.54 Å². The summed E-state index contributed by atoms with van der Waals surface area (Å²) in [7, 11) is 4.10. The van der Waals surface area contributed by atoms with Crippen LogP contribution in [0.2, 0.25) is 0 Å². The Morgan fingerprint density at radius 1 is 1.17 bits per heavy atom. The van der Waals surface area contributed by atoms with Gasteiger partial charge in [-0.1, -0.05) is 0 Å². The standard InChI is InChI=1S/C17H23N5O/c1-22(2)9-3-6-20-16-10-15(12-19-13-16)17(23)21-11-14-4-7-18-8-5-14/h4-5,7-8,10,12-13,20H,3,6,9,11H2,1-2H3,(H,21,23). The van der Waals surface area contributed by atoms with Gasteiger partial charge in [-0.2, -0.15) is 0 Å². The molecule has 2 aromatic rings. The number of anilines is 1. The van der Waals surface area contributed by atoms with Gasteiger partial charge in [0.15, 0.2) is 0 Å². The monoisotopic (exact) mass is 313 g/mol. The summed E-state index contributed by atoms with van der Waals surface area (Å²) < 4.78 is 0. The van der Waals surface area contributed by atoms with E-state index in [1.165, 1.54) is 0 Å². The molecule has 2 rings (SSSR count). The molecule has 0 bridgehead atoms. The third-order valence-corrected chi connectivity index (χ3v) is 3.31. The maximum Gasteiger partial charge on any atom is 0.253 e. The highest BCUT2D eigenvalue weighted by Gasteiger charge is 2.06. The average molecular weight is 313 g/mol. The van der Waals surface area contributed by atoms with Crippen LogP contribution in [0.4, 0.5) is 5.69 Å². The minimum absolute atomic E-state index is 0.133. The number of hydrogen-bond acceptors (Lipinski definition) is 5. The van der Waals surface area contributed by atoms with Crippen LogP contribution in [0.15, 0.2) is 43.0 Å². The molecule has 0 unspecified atom stereocenters. The molecule has 2 heterocycles. The summed E-state index contributed by atoms with van der Waals surface area (Å²) in [5.74, 6) is -0.133. The SMILES string of the molecule is CN(C)CCCNc1cncc(C(=O)NCc2ccncc2)c1. The quantitative estimate of drug-likeness (QED) is 0.727. The zero-order chi connectivity index (χ0) is 16.5. The zero-order valence-corrected chi connectivity index (χ0v) is 13.6. The molecule has 2 aromatic heterocycles. The lowest BCUT2D eigenvalue weighted by atomic mass is 10.2. The second-order valence-electron chi connectivity index (χ2n) is 5.58. The Hall–Kier alpha value is -2.47. The van der Waals surface area contributed by atoms with Gasteiger partial charge in [0, 0.05) is 37.9 Å². The fourth-order valence-corrected chi connectivity index (χ4v) is 2.07. The van der Waals surface area contributed by atoms with Gasteiger partial charge < -0.3 is 15.5 Å². The summed E-state index contributed by atoms with van der Waals surface area (Å²) in [5.41, 5.74) is 2.43. The normalized spacial score (nSPS) is 10.6. The molecule has 0 aliphatic heterocycles. The van der Waals surface area contributed by atoms with Crippen molar-refractivity contribution >= 4 is 11.6 Å². The Morgan fingerprint density at radius 2 is 1.96 bits per heavy atom. The first kappa shape index (κ1) is 16.9. The minimum Gasteiger partial charge on any atom is -0.384 e. The van der Waals surface area contributed by atoms with E-state index in [1.807, 2.05) is 18.2 Å². The molecule has 0 radical (unpaired) electrons. The highest BCUT2D eigenvalue weighted by Crippen LogP contribution is 2.09. The van der Waals surface area contributed by atoms with Gasteiger partial charge in [0.2, 0.25) is 0 Å². The maximum absolute atomic E-state index is 12.2. The first-order chi connectivity index (χ1) is 11.1. The second kappa shape index (κ2) is 8.85. The molecule has 0 aromatic carbocycles. The molecule has 6 heteroatoms. The Balaban J connectivity index is 1.84. The van der Waals surface area contributed by atoms with E-state index in [1.54, 1.807) is 24.8 Å². The van der Waals surface area contributed by atoms with Gasteiger partial charge in [0.25, 0.3) is 5.91 Å². The van der Waals surface area contributed by atoms with Gasteiger partial charge in [-0.05, 0) is 50.8 Å². The number of aromatic nitrogens is 2. The number of carbonyl (C=O) groups excluding carboxylic acids is 1. The number of rotatable bonds is 8. The van der Waals surface area contributed by atoms with Gasteiger partial charge >= 0.3 is 0 Å². The molecule has 0 saturated heterocycles. The van der Waals surface area contributed by atoms with Crippen LogP contribution in [0.5, 0.6) is 0 Å². The number of amides is 1. The van der Waals surface area contributed by atoms with Gasteiger partial charge in [-0.25, -0.2) is 0 Å². The van der Waals surface area contributed by atoms with E-state index in [-0.39, 0.29) is 5.91 Å². The molecule has 2 N–H and O–H groups in total. The Bertz CT molecular complexity index is 615. The predicted octanol–water partition coefficient (Wildman–Crippen LogP) is 1.77. The van der Waals surface area contributed by atoms with Crippen molar-refractivity contribution in [2.45, 2.75) is 13.0 Å². The lowest BCUT2D eigenvalue weighted by Crippen LogP contribution is -2.23. The van der Waals surface area contributed by atoms with Crippen LogP contribution in [0.25, 0.3) is 0 Å². The van der Waals surface area contributed by atoms with E-state index in [2.05, 4.69) is 39.6 Å². The van der Waals surface area contributed by atoms with Gasteiger partial charge in [0.05, 0.1) is 11.3 Å². The van der Waals surface area contributed by atoms with Crippen molar-refractivity contribution in [2.75, 3.05) is 32.5 Å². The molecule has 0 fully saturated rings. The number of nitrogens with one attached hydrogen (secondary N) is 2. The molecule has 0 spiro atoms. The maximum atomic E-state index is 12.2. The van der Waals surface area contributed by atoms with Crippen molar-refractivity contribution in [3.63, 3.8) is 0 Å². The van der Waals surface area contributed by atoms with E-state index in [9.17, 15) is 4.79 Å². The zero-order valence-electron chi connectivity index (χ0n) is 13.6. The van der Waals surface area contributed by atoms with Crippen molar-refractivity contribution in [1.82, 2.24) is 20.2 Å². The molecule has 0 aliphatic rings. The van der Waals surface area contributed by atoms with Crippen molar-refractivity contribution < 1.29 is 4.79 Å². The Labute approximate surface area is 137 Å². The van der Waals surface area contributed by atoms with Crippen LogP contribution in [0.1, 0.15) is 22.3 Å². The summed E-state index contributed by atoms with van der Waals surface area (Å²) >= 11 is 0. The highest BCUT2D eigenvalue weighted by atomic mass is 16.1. The predicted molar refractivity (Wildman–Crippen MR) is 91.3 cm³/mol. The molecule has 23 heavy (non-hydrogen) atoms. The fourth-order valence-electron chi connectivity index (χ4n) is 2.07. The third kappa shape index (κ3) is 6.04. The van der Waals surface area contributed by atoms with Crippen molar-refractivity contribution in [3.05, 3.63) is 54.1 Å². The highest BCUT2D eigenvalue weighted by molar-refractivity contribution is 5.94. The largest absolute Gasteiger partial charge is 0.384 e. The molecule has 1 amide bonds. The van der Waals surface area contributed by atoms with Crippen LogP contribution in [0.3, 0.4) is 0 Å². The van der Waals surface area contributed by atoms with E-state index in [0.29, 0.717) is 12.1 Å². The fraction of sp³-hybridized carbons (Fsp3) is 0.353. The molecule has 0 aliphatic carbocycles. The molecule has 122 valence electrons. The number of hydrogen-bond donors (Lipinski definition) is 2. The molecular formula is C17H23N5O. The van der Waals surface area contributed by atoms with Crippen LogP contribution < -0.4 is 10.6 Å². The first-order valence-corrected chi connectivity index (χ1v) is 7.66. The van der Waals surface area contributed by atoms with Crippen LogP contribution in [0, 0.1) is 0 Å². The van der Waals surface area contributed by atoms with Crippen LogP contribution in [-0.4, -0.2) is 48.0 Å². The summed E-state index contributed by atoms with van der Waals surface area (Å²) in [6.07, 6.45) is 7.76. The number of pyridine rings is 2. The van der Waals surface area contributed by atoms with Gasteiger partial charge in [-0.15, -0.1) is 0 Å². The van der Waals surface area contributed by atoms with Crippen LogP contribution >= 0.6 is 0 Å². The van der Waals surface area contributed by atoms with E-state index >= 15 is 0 Å². The lowest BCUT2D eigenvalue weighted by Gasteiger charge is -2.11. The number of nitrogens with zero attached hydrogens (tertiary/aromatic N) is 3. The molecule has 0 saturated carbocycles. The topological polar surface area (TPSA) is 70.2 Å². The van der Waals surface area contributed by atoms with Crippen molar-refractivity contribution in [2.24, 2.45) is 0 Å². The van der Waals surface area contributed by atoms with Crippen molar-refractivity contribution in [1.29, 1.82) is 0 Å². The molecule has 6 nitrogen and oxygen atoms in total. The number of carbonyl (C=O) groups is 1. The summed E-state index contributed by atoms with van der Waals surface area (Å²) in [6.45, 7) is 2.34. The minimum atomic E-state index is -0.133. The van der Waals surface area contributed by atoms with E-state index < -0.39 is 0 Å². The Kier molecular flexibility index (Phi) is 6.50. The smallest absolute Gasteiger partial charge is 0.253 e. The Morgan fingerprint density at radius 3 is 2.70 bits per heavy atom. The first-order valence-electron chi connectivity index (χ1n) is 7.66. The van der Waals surface area contributed by atoms with Gasteiger partial charge in [0.1, 0.15) is 0 Å². The lowest BCUT2D eigenvalue weighted by molar-refractivity contribution is 0.0950. The summed E-state index contributed by atoms with van der Waals surface area (Å²) in [4.78, 5) is 22.4. The van der Waals surface area contributed by atoms with E-state index in [4.69, 9.17) is 0 Å². The third-order valence-electron chi connectivity index (χ3n) is 3.31. The second-order valence-corrected chi connectivity index (χ2v) is 5.58. The summed E-state index contributed by atoms with van der Waals surface area (Å²) in [5, 5.41) is 6.18. The molecular weight excluding hydrogens is 290 g/mol.